The van der Waals surface area contributed by atoms with Gasteiger partial charge in [-0.1, -0.05) is 23.7 Å². The molecule has 2 N–H and O–H groups in total. The molecule has 0 spiro atoms. The zero-order valence-corrected chi connectivity index (χ0v) is 10.3. The van der Waals surface area contributed by atoms with E-state index in [1.54, 1.807) is 24.3 Å². The topological polar surface area (TPSA) is 66.8 Å². The largest absolute Gasteiger partial charge is 0.479 e. The van der Waals surface area contributed by atoms with E-state index in [4.69, 9.17) is 26.6 Å². The number of rotatable bonds is 6. The maximum Gasteiger partial charge on any atom is 0.336 e. The second-order valence-corrected chi connectivity index (χ2v) is 4.35. The summed E-state index contributed by atoms with van der Waals surface area (Å²) in [6, 6.07) is 6.91. The van der Waals surface area contributed by atoms with Crippen LogP contribution in [0.3, 0.4) is 0 Å². The van der Waals surface area contributed by atoms with Gasteiger partial charge in [-0.15, -0.1) is 0 Å². The SMILES string of the molecule is CC(Cc1ccc(Cl)cc1)(OCCO)C(=O)O. The minimum absolute atomic E-state index is 0.00358. The van der Waals surface area contributed by atoms with Crippen molar-refractivity contribution in [2.45, 2.75) is 18.9 Å². The molecule has 17 heavy (non-hydrogen) atoms. The third kappa shape index (κ3) is 4.00. The number of benzene rings is 1. The number of carboxylic acids is 1. The first kappa shape index (κ1) is 14.0. The third-order valence-corrected chi connectivity index (χ3v) is 2.67. The quantitative estimate of drug-likeness (QED) is 0.816. The molecule has 0 saturated heterocycles. The highest BCUT2D eigenvalue weighted by atomic mass is 35.5. The summed E-state index contributed by atoms with van der Waals surface area (Å²) in [6.07, 6.45) is 0.222. The summed E-state index contributed by atoms with van der Waals surface area (Å²) in [7, 11) is 0. The number of halogens is 1. The van der Waals surface area contributed by atoms with Gasteiger partial charge in [-0.2, -0.15) is 0 Å². The normalized spacial score (nSPS) is 14.3. The highest BCUT2D eigenvalue weighted by Gasteiger charge is 2.34. The average molecular weight is 259 g/mol. The molecule has 1 aromatic carbocycles. The molecule has 0 bridgehead atoms. The van der Waals surface area contributed by atoms with Crippen LogP contribution in [0.2, 0.25) is 5.02 Å². The van der Waals surface area contributed by atoms with Gasteiger partial charge in [-0.05, 0) is 24.6 Å². The molecule has 0 radical (unpaired) electrons. The van der Waals surface area contributed by atoms with Crippen molar-refractivity contribution < 1.29 is 19.7 Å². The van der Waals surface area contributed by atoms with E-state index < -0.39 is 11.6 Å². The van der Waals surface area contributed by atoms with Gasteiger partial charge in [0.25, 0.3) is 0 Å². The van der Waals surface area contributed by atoms with E-state index in [1.807, 2.05) is 0 Å². The van der Waals surface area contributed by atoms with Crippen molar-refractivity contribution in [1.29, 1.82) is 0 Å². The van der Waals surface area contributed by atoms with Crippen LogP contribution in [0, 0.1) is 0 Å². The molecule has 1 rings (SSSR count). The van der Waals surface area contributed by atoms with Gasteiger partial charge >= 0.3 is 5.97 Å². The van der Waals surface area contributed by atoms with Crippen LogP contribution in [0.15, 0.2) is 24.3 Å². The van der Waals surface area contributed by atoms with E-state index in [1.165, 1.54) is 6.92 Å². The minimum Gasteiger partial charge on any atom is -0.479 e. The van der Waals surface area contributed by atoms with E-state index in [9.17, 15) is 4.79 Å². The molecule has 0 aromatic heterocycles. The maximum absolute atomic E-state index is 11.2. The van der Waals surface area contributed by atoms with Crippen LogP contribution >= 0.6 is 11.6 Å². The van der Waals surface area contributed by atoms with Crippen LogP contribution in [0.5, 0.6) is 0 Å². The molecular formula is C12H15ClO4. The monoisotopic (exact) mass is 258 g/mol. The predicted molar refractivity (Wildman–Crippen MR) is 64.2 cm³/mol. The summed E-state index contributed by atoms with van der Waals surface area (Å²) >= 11 is 5.75. The highest BCUT2D eigenvalue weighted by Crippen LogP contribution is 2.19. The summed E-state index contributed by atoms with van der Waals surface area (Å²) in [5.74, 6) is -1.05. The Morgan fingerprint density at radius 3 is 2.47 bits per heavy atom. The predicted octanol–water partition coefficient (Wildman–Crippen LogP) is 1.73. The maximum atomic E-state index is 11.2. The zero-order chi connectivity index (χ0) is 12.9. The number of carboxylic acid groups (broad SMARTS) is 1. The van der Waals surface area contributed by atoms with Crippen LogP contribution in [0.1, 0.15) is 12.5 Å². The van der Waals surface area contributed by atoms with Gasteiger partial charge < -0.3 is 14.9 Å². The van der Waals surface area contributed by atoms with Crippen molar-refractivity contribution in [3.05, 3.63) is 34.9 Å². The summed E-state index contributed by atoms with van der Waals surface area (Å²) in [5.41, 5.74) is -0.520. The van der Waals surface area contributed by atoms with Gasteiger partial charge in [0.2, 0.25) is 0 Å². The molecule has 0 amide bonds. The Labute approximate surface area is 105 Å². The zero-order valence-electron chi connectivity index (χ0n) is 9.52. The van der Waals surface area contributed by atoms with Gasteiger partial charge in [-0.25, -0.2) is 4.79 Å². The average Bonchev–Trinajstić information content (AvgIpc) is 2.29. The van der Waals surface area contributed by atoms with Gasteiger partial charge in [-0.3, -0.25) is 0 Å². The van der Waals surface area contributed by atoms with Crippen molar-refractivity contribution in [3.63, 3.8) is 0 Å². The molecule has 1 atom stereocenters. The molecule has 5 heteroatoms. The second kappa shape index (κ2) is 6.00. The Morgan fingerprint density at radius 2 is 2.00 bits per heavy atom. The molecular weight excluding hydrogens is 244 g/mol. The first-order chi connectivity index (χ1) is 7.98. The number of aliphatic hydroxyl groups excluding tert-OH is 1. The van der Waals surface area contributed by atoms with Crippen LogP contribution < -0.4 is 0 Å². The fourth-order valence-corrected chi connectivity index (χ4v) is 1.58. The number of ether oxygens (including phenoxy) is 1. The van der Waals surface area contributed by atoms with Crippen LogP contribution in [-0.2, 0) is 16.0 Å². The Kier molecular flexibility index (Phi) is 4.93. The summed E-state index contributed by atoms with van der Waals surface area (Å²) < 4.78 is 5.19. The van der Waals surface area contributed by atoms with Crippen molar-refractivity contribution in [2.24, 2.45) is 0 Å². The molecule has 0 aliphatic carbocycles. The lowest BCUT2D eigenvalue weighted by Gasteiger charge is -2.25. The lowest BCUT2D eigenvalue weighted by molar-refractivity contribution is -0.164. The van der Waals surface area contributed by atoms with Crippen molar-refractivity contribution >= 4 is 17.6 Å². The molecule has 0 aliphatic rings. The van der Waals surface area contributed by atoms with E-state index >= 15 is 0 Å². The summed E-state index contributed by atoms with van der Waals surface area (Å²) in [6.45, 7) is 1.28. The molecule has 0 heterocycles. The van der Waals surface area contributed by atoms with Crippen molar-refractivity contribution in [3.8, 4) is 0 Å². The first-order valence-corrected chi connectivity index (χ1v) is 5.58. The lowest BCUT2D eigenvalue weighted by atomic mass is 9.96. The Hall–Kier alpha value is -1.10. The number of aliphatic carboxylic acids is 1. The molecule has 1 aromatic rings. The molecule has 1 unspecified atom stereocenters. The number of hydrogen-bond donors (Lipinski definition) is 2. The molecule has 0 saturated carbocycles. The Bertz CT molecular complexity index is 377. The fraction of sp³-hybridized carbons (Fsp3) is 0.417. The number of hydrogen-bond acceptors (Lipinski definition) is 3. The van der Waals surface area contributed by atoms with Crippen LogP contribution in [0.25, 0.3) is 0 Å². The summed E-state index contributed by atoms with van der Waals surface area (Å²) in [5, 5.41) is 18.4. The van der Waals surface area contributed by atoms with E-state index in [0.29, 0.717) is 5.02 Å². The van der Waals surface area contributed by atoms with Gasteiger partial charge in [0, 0.05) is 11.4 Å². The van der Waals surface area contributed by atoms with Crippen molar-refractivity contribution in [2.75, 3.05) is 13.2 Å². The molecule has 0 aliphatic heterocycles. The number of aliphatic hydroxyl groups is 1. The van der Waals surface area contributed by atoms with E-state index in [-0.39, 0.29) is 19.6 Å². The van der Waals surface area contributed by atoms with Crippen LogP contribution in [-0.4, -0.2) is 35.0 Å². The van der Waals surface area contributed by atoms with Gasteiger partial charge in [0.1, 0.15) is 0 Å². The van der Waals surface area contributed by atoms with Gasteiger partial charge in [0.05, 0.1) is 13.2 Å². The lowest BCUT2D eigenvalue weighted by Crippen LogP contribution is -2.41. The van der Waals surface area contributed by atoms with Gasteiger partial charge in [0.15, 0.2) is 5.60 Å². The first-order valence-electron chi connectivity index (χ1n) is 5.20. The standard InChI is InChI=1S/C12H15ClO4/c1-12(11(15)16,17-7-6-14)8-9-2-4-10(13)5-3-9/h2-5,14H,6-8H2,1H3,(H,15,16). The second-order valence-electron chi connectivity index (χ2n) is 3.91. The molecule has 4 nitrogen and oxygen atoms in total. The molecule has 94 valence electrons. The fourth-order valence-electron chi connectivity index (χ4n) is 1.45. The number of carbonyl (C=O) groups is 1. The van der Waals surface area contributed by atoms with Crippen molar-refractivity contribution in [1.82, 2.24) is 0 Å². The molecule has 0 fully saturated rings. The van der Waals surface area contributed by atoms with E-state index in [0.717, 1.165) is 5.56 Å². The highest BCUT2D eigenvalue weighted by molar-refractivity contribution is 6.30. The summed E-state index contributed by atoms with van der Waals surface area (Å²) in [4.78, 5) is 11.2. The third-order valence-electron chi connectivity index (χ3n) is 2.42. The Balaban J connectivity index is 2.79. The Morgan fingerprint density at radius 1 is 1.41 bits per heavy atom. The smallest absolute Gasteiger partial charge is 0.336 e. The van der Waals surface area contributed by atoms with E-state index in [2.05, 4.69) is 0 Å². The van der Waals surface area contributed by atoms with Crippen LogP contribution in [0.4, 0.5) is 0 Å². The minimum atomic E-state index is -1.34.